The number of halogens is 7. The van der Waals surface area contributed by atoms with E-state index in [0.717, 1.165) is 42.9 Å². The lowest BCUT2D eigenvalue weighted by Gasteiger charge is -2.28. The first-order valence-corrected chi connectivity index (χ1v) is 16.4. The predicted octanol–water partition coefficient (Wildman–Crippen LogP) is 7.79. The first-order chi connectivity index (χ1) is 24.3. The molecule has 6 nitrogen and oxygen atoms in total. The number of amides is 1. The highest BCUT2D eigenvalue weighted by molar-refractivity contribution is 5.82. The molecule has 0 bridgehead atoms. The molecule has 0 unspecified atom stereocenters. The summed E-state index contributed by atoms with van der Waals surface area (Å²) >= 11 is 0. The molecular formula is C38H35F7N4O2. The van der Waals surface area contributed by atoms with Gasteiger partial charge in [0, 0.05) is 32.1 Å². The van der Waals surface area contributed by atoms with Gasteiger partial charge in [0.1, 0.15) is 12.4 Å². The summed E-state index contributed by atoms with van der Waals surface area (Å²) in [6.07, 6.45) is -4.68. The molecule has 1 amide bonds. The van der Waals surface area contributed by atoms with E-state index in [1.807, 2.05) is 13.8 Å². The number of hydrogen-bond donors (Lipinski definition) is 0. The summed E-state index contributed by atoms with van der Waals surface area (Å²) in [5.74, 6) is -5.08. The van der Waals surface area contributed by atoms with E-state index in [1.54, 1.807) is 29.2 Å². The number of fused-ring (bicyclic) bond motifs is 1. The average molecular weight is 713 g/mol. The van der Waals surface area contributed by atoms with Gasteiger partial charge in [-0.05, 0) is 66.0 Å². The van der Waals surface area contributed by atoms with Gasteiger partial charge < -0.3 is 14.4 Å². The largest absolute Gasteiger partial charge is 0.416 e. The van der Waals surface area contributed by atoms with E-state index in [2.05, 4.69) is 9.88 Å². The number of aryl methyl sites for hydroxylation is 2. The molecule has 0 aliphatic heterocycles. The second-order valence-corrected chi connectivity index (χ2v) is 12.0. The molecule has 0 aliphatic rings. The van der Waals surface area contributed by atoms with Crippen molar-refractivity contribution in [2.45, 2.75) is 46.0 Å². The van der Waals surface area contributed by atoms with E-state index in [0.29, 0.717) is 23.7 Å². The standard InChI is InChI=1S/C38H35F7N4O2/c1-3-47(4-2)18-19-48(22-24-8-10-25(11-9-24)26-12-15-28(16-13-26)38(43,44)45)35(50)23-49-33-21-32(41)31(40)20-29(33)37(51)46-34(49)17-14-27-6-5-7-30(39)36(27)42/h5-13,15-16,20-21H,3-4,14,17-19,22-23H2,1-2H3. The minimum absolute atomic E-state index is 0.0000989. The van der Waals surface area contributed by atoms with Crippen LogP contribution in [0, 0.1) is 23.3 Å². The molecule has 13 heteroatoms. The molecule has 0 spiro atoms. The maximum atomic E-state index is 14.6. The highest BCUT2D eigenvalue weighted by atomic mass is 19.4. The quantitative estimate of drug-likeness (QED) is 0.117. The van der Waals surface area contributed by atoms with Crippen LogP contribution in [-0.4, -0.2) is 51.4 Å². The van der Waals surface area contributed by atoms with Crippen molar-refractivity contribution < 1.29 is 35.5 Å². The van der Waals surface area contributed by atoms with Crippen LogP contribution in [0.5, 0.6) is 0 Å². The third-order valence-electron chi connectivity index (χ3n) is 8.85. The molecule has 1 heterocycles. The van der Waals surface area contributed by atoms with Crippen molar-refractivity contribution in [1.82, 2.24) is 19.4 Å². The fraction of sp³-hybridized carbons (Fsp3) is 0.289. The minimum Gasteiger partial charge on any atom is -0.336 e. The van der Waals surface area contributed by atoms with Crippen LogP contribution in [0.25, 0.3) is 22.0 Å². The Hall–Kier alpha value is -5.04. The van der Waals surface area contributed by atoms with Crippen molar-refractivity contribution in [3.05, 3.63) is 135 Å². The SMILES string of the molecule is CCN(CC)CCN(Cc1ccc(-c2ccc(C(F)(F)F)cc2)cc1)C(=O)Cn1c(CCc2cccc(F)c2F)nc(=O)c2cc(F)c(F)cc21. The first kappa shape index (κ1) is 37.2. The Labute approximate surface area is 289 Å². The number of benzene rings is 4. The number of nitrogens with zero attached hydrogens (tertiary/aromatic N) is 4. The van der Waals surface area contributed by atoms with Gasteiger partial charge in [-0.3, -0.25) is 9.59 Å². The highest BCUT2D eigenvalue weighted by Gasteiger charge is 2.30. The topological polar surface area (TPSA) is 58.4 Å². The average Bonchev–Trinajstić information content (AvgIpc) is 3.11. The Kier molecular flexibility index (Phi) is 11.6. The molecule has 0 aliphatic carbocycles. The Morgan fingerprint density at radius 1 is 0.784 bits per heavy atom. The fourth-order valence-electron chi connectivity index (χ4n) is 5.87. The summed E-state index contributed by atoms with van der Waals surface area (Å²) in [6, 6.07) is 17.0. The van der Waals surface area contributed by atoms with E-state index < -0.39 is 53.0 Å². The highest BCUT2D eigenvalue weighted by Crippen LogP contribution is 2.31. The predicted molar refractivity (Wildman–Crippen MR) is 180 cm³/mol. The molecule has 0 fully saturated rings. The van der Waals surface area contributed by atoms with Crippen LogP contribution in [0.15, 0.2) is 83.7 Å². The second kappa shape index (κ2) is 15.9. The lowest BCUT2D eigenvalue weighted by atomic mass is 10.0. The minimum atomic E-state index is -4.45. The van der Waals surface area contributed by atoms with Gasteiger partial charge in [-0.2, -0.15) is 18.2 Å². The van der Waals surface area contributed by atoms with Crippen molar-refractivity contribution >= 4 is 16.8 Å². The fourth-order valence-corrected chi connectivity index (χ4v) is 5.87. The molecule has 268 valence electrons. The molecule has 51 heavy (non-hydrogen) atoms. The summed E-state index contributed by atoms with van der Waals surface area (Å²) in [7, 11) is 0. The molecular weight excluding hydrogens is 677 g/mol. The summed E-state index contributed by atoms with van der Waals surface area (Å²) in [4.78, 5) is 34.8. The van der Waals surface area contributed by atoms with Gasteiger partial charge in [0.05, 0.1) is 16.5 Å². The number of likely N-dealkylation sites (N-methyl/N-ethyl adjacent to an activating group) is 1. The second-order valence-electron chi connectivity index (χ2n) is 12.0. The summed E-state index contributed by atoms with van der Waals surface area (Å²) < 4.78 is 97.6. The van der Waals surface area contributed by atoms with Gasteiger partial charge in [0.25, 0.3) is 5.56 Å². The molecule has 5 aromatic rings. The van der Waals surface area contributed by atoms with Crippen LogP contribution in [-0.2, 0) is 36.9 Å². The van der Waals surface area contributed by atoms with Crippen LogP contribution in [0.2, 0.25) is 0 Å². The summed E-state index contributed by atoms with van der Waals surface area (Å²) in [6.45, 7) is 5.89. The maximum Gasteiger partial charge on any atom is 0.416 e. The zero-order valence-corrected chi connectivity index (χ0v) is 27.9. The number of carbonyl (C=O) groups excluding carboxylic acids is 1. The van der Waals surface area contributed by atoms with Gasteiger partial charge in [-0.1, -0.05) is 62.4 Å². The zero-order chi connectivity index (χ0) is 36.9. The number of hydrogen-bond acceptors (Lipinski definition) is 4. The molecule has 1 aromatic heterocycles. The Bertz CT molecular complexity index is 2060. The number of alkyl halides is 3. The van der Waals surface area contributed by atoms with Crippen molar-refractivity contribution in [2.24, 2.45) is 0 Å². The smallest absolute Gasteiger partial charge is 0.336 e. The van der Waals surface area contributed by atoms with E-state index in [4.69, 9.17) is 0 Å². The third kappa shape index (κ3) is 8.83. The monoisotopic (exact) mass is 712 g/mol. The van der Waals surface area contributed by atoms with Crippen LogP contribution in [0.1, 0.15) is 36.4 Å². The van der Waals surface area contributed by atoms with E-state index >= 15 is 0 Å². The number of aromatic nitrogens is 2. The summed E-state index contributed by atoms with van der Waals surface area (Å²) in [5.41, 5.74) is 0.275. The lowest BCUT2D eigenvalue weighted by Crippen LogP contribution is -2.40. The Balaban J connectivity index is 1.46. The van der Waals surface area contributed by atoms with Gasteiger partial charge >= 0.3 is 6.18 Å². The first-order valence-electron chi connectivity index (χ1n) is 16.4. The van der Waals surface area contributed by atoms with Crippen LogP contribution >= 0.6 is 0 Å². The van der Waals surface area contributed by atoms with Gasteiger partial charge in [-0.15, -0.1) is 0 Å². The van der Waals surface area contributed by atoms with E-state index in [1.165, 1.54) is 28.8 Å². The molecule has 0 atom stereocenters. The number of rotatable bonds is 13. The molecule has 0 saturated heterocycles. The number of carbonyl (C=O) groups is 1. The van der Waals surface area contributed by atoms with E-state index in [9.17, 15) is 40.3 Å². The molecule has 0 saturated carbocycles. The Morgan fingerprint density at radius 3 is 2.04 bits per heavy atom. The molecule has 5 rings (SSSR count). The third-order valence-corrected chi connectivity index (χ3v) is 8.85. The van der Waals surface area contributed by atoms with Gasteiger partial charge in [0.2, 0.25) is 5.91 Å². The summed E-state index contributed by atoms with van der Waals surface area (Å²) in [5, 5.41) is -0.254. The zero-order valence-electron chi connectivity index (χ0n) is 27.9. The lowest BCUT2D eigenvalue weighted by molar-refractivity contribution is -0.137. The normalized spacial score (nSPS) is 11.8. The molecule has 0 radical (unpaired) electrons. The van der Waals surface area contributed by atoms with Crippen molar-refractivity contribution in [3.63, 3.8) is 0 Å². The van der Waals surface area contributed by atoms with Crippen LogP contribution in [0.3, 0.4) is 0 Å². The van der Waals surface area contributed by atoms with Gasteiger partial charge in [0.15, 0.2) is 23.3 Å². The molecule has 4 aromatic carbocycles. The van der Waals surface area contributed by atoms with Crippen molar-refractivity contribution in [3.8, 4) is 11.1 Å². The van der Waals surface area contributed by atoms with E-state index in [-0.39, 0.29) is 48.2 Å². The van der Waals surface area contributed by atoms with Crippen LogP contribution in [0.4, 0.5) is 30.7 Å². The van der Waals surface area contributed by atoms with Crippen LogP contribution < -0.4 is 5.56 Å². The maximum absolute atomic E-state index is 14.6. The Morgan fingerprint density at radius 2 is 1.41 bits per heavy atom. The van der Waals surface area contributed by atoms with Gasteiger partial charge in [-0.25, -0.2) is 17.6 Å². The van der Waals surface area contributed by atoms with Crippen molar-refractivity contribution in [2.75, 3.05) is 26.2 Å². The van der Waals surface area contributed by atoms with Crippen molar-refractivity contribution in [1.29, 1.82) is 0 Å². The molecule has 0 N–H and O–H groups in total.